The number of oxime groups is 1. The van der Waals surface area contributed by atoms with Crippen LogP contribution in [0.4, 0.5) is 0 Å². The van der Waals surface area contributed by atoms with Crippen LogP contribution in [0.3, 0.4) is 0 Å². The molecule has 0 atom stereocenters. The molecule has 0 heterocycles. The molecule has 0 unspecified atom stereocenters. The average molecular weight is 219 g/mol. The van der Waals surface area contributed by atoms with Crippen molar-refractivity contribution in [1.82, 2.24) is 0 Å². The molecule has 0 amide bonds. The first-order valence-corrected chi connectivity index (χ1v) is 4.82. The van der Waals surface area contributed by atoms with Crippen molar-refractivity contribution in [1.29, 1.82) is 0 Å². The lowest BCUT2D eigenvalue weighted by Gasteiger charge is -2.10. The standard InChI is InChI=1S/C12H13NO3/c1-3-7-16-11-6-5-10(9-13-14)8-12(11)15-4-2/h1,5-6,8-9,14H,4,7H2,2H3/b13-9+. The molecule has 84 valence electrons. The summed E-state index contributed by atoms with van der Waals surface area (Å²) in [6.45, 7) is 2.58. The van der Waals surface area contributed by atoms with Gasteiger partial charge in [-0.3, -0.25) is 0 Å². The Balaban J connectivity index is 2.94. The maximum absolute atomic E-state index is 8.42. The van der Waals surface area contributed by atoms with Crippen LogP contribution >= 0.6 is 0 Å². The number of terminal acetylenes is 1. The van der Waals surface area contributed by atoms with E-state index in [-0.39, 0.29) is 6.61 Å². The molecule has 0 aliphatic heterocycles. The topological polar surface area (TPSA) is 51.0 Å². The summed E-state index contributed by atoms with van der Waals surface area (Å²) < 4.78 is 10.7. The van der Waals surface area contributed by atoms with Gasteiger partial charge in [-0.05, 0) is 25.1 Å². The molecule has 0 saturated carbocycles. The zero-order valence-electron chi connectivity index (χ0n) is 9.01. The molecular weight excluding hydrogens is 206 g/mol. The number of nitrogens with zero attached hydrogens (tertiary/aromatic N) is 1. The van der Waals surface area contributed by atoms with E-state index in [2.05, 4.69) is 11.1 Å². The monoisotopic (exact) mass is 219 g/mol. The highest BCUT2D eigenvalue weighted by atomic mass is 16.5. The van der Waals surface area contributed by atoms with Crippen molar-refractivity contribution in [2.24, 2.45) is 5.16 Å². The fourth-order valence-corrected chi connectivity index (χ4v) is 1.18. The predicted molar refractivity (Wildman–Crippen MR) is 61.3 cm³/mol. The van der Waals surface area contributed by atoms with Crippen LogP contribution in [0.5, 0.6) is 11.5 Å². The fraction of sp³-hybridized carbons (Fsp3) is 0.250. The molecule has 0 radical (unpaired) electrons. The van der Waals surface area contributed by atoms with E-state index in [0.717, 1.165) is 5.56 Å². The highest BCUT2D eigenvalue weighted by molar-refractivity contribution is 5.80. The molecule has 0 aliphatic rings. The quantitative estimate of drug-likeness (QED) is 0.356. The molecule has 16 heavy (non-hydrogen) atoms. The Morgan fingerprint density at radius 2 is 2.25 bits per heavy atom. The molecular formula is C12H13NO3. The molecule has 0 aromatic heterocycles. The zero-order chi connectivity index (χ0) is 11.8. The lowest BCUT2D eigenvalue weighted by Crippen LogP contribution is -1.99. The first kappa shape index (κ1) is 11.9. The summed E-state index contributed by atoms with van der Waals surface area (Å²) in [5.41, 5.74) is 0.721. The molecule has 4 nitrogen and oxygen atoms in total. The number of benzene rings is 1. The summed E-state index contributed by atoms with van der Waals surface area (Å²) in [4.78, 5) is 0. The number of hydrogen-bond acceptors (Lipinski definition) is 4. The van der Waals surface area contributed by atoms with Gasteiger partial charge in [-0.2, -0.15) is 0 Å². The van der Waals surface area contributed by atoms with Gasteiger partial charge in [0, 0.05) is 5.56 Å². The molecule has 1 aromatic rings. The molecule has 0 saturated heterocycles. The van der Waals surface area contributed by atoms with E-state index in [4.69, 9.17) is 21.1 Å². The Labute approximate surface area is 94.5 Å². The minimum Gasteiger partial charge on any atom is -0.490 e. The largest absolute Gasteiger partial charge is 0.490 e. The summed E-state index contributed by atoms with van der Waals surface area (Å²) >= 11 is 0. The van der Waals surface area contributed by atoms with Crippen molar-refractivity contribution < 1.29 is 14.7 Å². The first-order chi connectivity index (χ1) is 7.81. The second-order valence-corrected chi connectivity index (χ2v) is 2.88. The smallest absolute Gasteiger partial charge is 0.162 e. The zero-order valence-corrected chi connectivity index (χ0v) is 9.01. The van der Waals surface area contributed by atoms with E-state index < -0.39 is 0 Å². The number of hydrogen-bond donors (Lipinski definition) is 1. The Kier molecular flexibility index (Phi) is 4.74. The lowest BCUT2D eigenvalue weighted by molar-refractivity contribution is 0.299. The van der Waals surface area contributed by atoms with Crippen molar-refractivity contribution in [2.75, 3.05) is 13.2 Å². The van der Waals surface area contributed by atoms with Gasteiger partial charge >= 0.3 is 0 Å². The highest BCUT2D eigenvalue weighted by Crippen LogP contribution is 2.27. The molecule has 4 heteroatoms. The molecule has 1 rings (SSSR count). The third-order valence-corrected chi connectivity index (χ3v) is 1.79. The molecule has 0 fully saturated rings. The van der Waals surface area contributed by atoms with Crippen LogP contribution in [-0.4, -0.2) is 24.6 Å². The average Bonchev–Trinajstić information content (AvgIpc) is 2.29. The maximum Gasteiger partial charge on any atom is 0.162 e. The van der Waals surface area contributed by atoms with Gasteiger partial charge in [-0.25, -0.2) is 0 Å². The summed E-state index contributed by atoms with van der Waals surface area (Å²) in [5.74, 6) is 3.54. The second kappa shape index (κ2) is 6.36. The van der Waals surface area contributed by atoms with E-state index in [0.29, 0.717) is 18.1 Å². The van der Waals surface area contributed by atoms with E-state index in [9.17, 15) is 0 Å². The van der Waals surface area contributed by atoms with Crippen LogP contribution in [0.2, 0.25) is 0 Å². The minimum atomic E-state index is 0.188. The fourth-order valence-electron chi connectivity index (χ4n) is 1.18. The van der Waals surface area contributed by atoms with Crippen LogP contribution in [0.15, 0.2) is 23.4 Å². The van der Waals surface area contributed by atoms with Crippen molar-refractivity contribution in [3.8, 4) is 23.8 Å². The summed E-state index contributed by atoms with van der Waals surface area (Å²) in [6.07, 6.45) is 6.42. The third-order valence-electron chi connectivity index (χ3n) is 1.79. The maximum atomic E-state index is 8.42. The molecule has 0 spiro atoms. The molecule has 1 N–H and O–H groups in total. The van der Waals surface area contributed by atoms with Crippen molar-refractivity contribution in [3.63, 3.8) is 0 Å². The predicted octanol–water partition coefficient (Wildman–Crippen LogP) is 1.91. The minimum absolute atomic E-state index is 0.188. The van der Waals surface area contributed by atoms with Crippen LogP contribution in [0.25, 0.3) is 0 Å². The third kappa shape index (κ3) is 3.21. The van der Waals surface area contributed by atoms with Gasteiger partial charge in [0.1, 0.15) is 6.61 Å². The Morgan fingerprint density at radius 1 is 1.44 bits per heavy atom. The SMILES string of the molecule is C#CCOc1ccc(/C=N/O)cc1OCC. The molecule has 0 bridgehead atoms. The van der Waals surface area contributed by atoms with Crippen LogP contribution < -0.4 is 9.47 Å². The first-order valence-electron chi connectivity index (χ1n) is 4.82. The van der Waals surface area contributed by atoms with Crippen molar-refractivity contribution >= 4 is 6.21 Å². The van der Waals surface area contributed by atoms with E-state index in [1.807, 2.05) is 6.92 Å². The van der Waals surface area contributed by atoms with Crippen LogP contribution in [0, 0.1) is 12.3 Å². The van der Waals surface area contributed by atoms with Gasteiger partial charge in [0.15, 0.2) is 11.5 Å². The van der Waals surface area contributed by atoms with Gasteiger partial charge < -0.3 is 14.7 Å². The Morgan fingerprint density at radius 3 is 2.88 bits per heavy atom. The van der Waals surface area contributed by atoms with E-state index in [1.165, 1.54) is 6.21 Å². The van der Waals surface area contributed by atoms with Crippen LogP contribution in [0.1, 0.15) is 12.5 Å². The highest BCUT2D eigenvalue weighted by Gasteiger charge is 2.05. The van der Waals surface area contributed by atoms with Gasteiger partial charge in [-0.15, -0.1) is 6.42 Å². The Bertz CT molecular complexity index is 407. The van der Waals surface area contributed by atoms with Gasteiger partial charge in [0.2, 0.25) is 0 Å². The van der Waals surface area contributed by atoms with E-state index >= 15 is 0 Å². The number of rotatable bonds is 5. The van der Waals surface area contributed by atoms with Crippen molar-refractivity contribution in [3.05, 3.63) is 23.8 Å². The van der Waals surface area contributed by atoms with Gasteiger partial charge in [0.25, 0.3) is 0 Å². The Hall–Kier alpha value is -2.15. The second-order valence-electron chi connectivity index (χ2n) is 2.88. The van der Waals surface area contributed by atoms with Gasteiger partial charge in [-0.1, -0.05) is 11.1 Å². The summed E-state index contributed by atoms with van der Waals surface area (Å²) in [5, 5.41) is 11.4. The molecule has 0 aliphatic carbocycles. The van der Waals surface area contributed by atoms with Crippen LogP contribution in [-0.2, 0) is 0 Å². The number of ether oxygens (including phenoxy) is 2. The summed E-state index contributed by atoms with van der Waals surface area (Å²) in [7, 11) is 0. The summed E-state index contributed by atoms with van der Waals surface area (Å²) in [6, 6.07) is 5.18. The van der Waals surface area contributed by atoms with Gasteiger partial charge in [0.05, 0.1) is 12.8 Å². The van der Waals surface area contributed by atoms with E-state index in [1.54, 1.807) is 18.2 Å². The normalized spacial score (nSPS) is 10.0. The molecule has 1 aromatic carbocycles. The van der Waals surface area contributed by atoms with Crippen molar-refractivity contribution in [2.45, 2.75) is 6.92 Å². The lowest BCUT2D eigenvalue weighted by atomic mass is 10.2.